The van der Waals surface area contributed by atoms with Crippen molar-refractivity contribution in [3.8, 4) is 0 Å². The Bertz CT molecular complexity index is 390. The molecule has 2 atom stereocenters. The Morgan fingerprint density at radius 1 is 1.23 bits per heavy atom. The van der Waals surface area contributed by atoms with Gasteiger partial charge in [0, 0.05) is 0 Å². The molecule has 1 rings (SSSR count). The molecule has 1 aromatic rings. The Morgan fingerprint density at radius 2 is 1.86 bits per heavy atom. The maximum atomic E-state index is 11.6. The first-order valence-electron chi connectivity index (χ1n) is 7.80. The van der Waals surface area contributed by atoms with E-state index < -0.39 is 14.5 Å². The van der Waals surface area contributed by atoms with Gasteiger partial charge in [-0.1, -0.05) is 51.1 Å². The highest BCUT2D eigenvalue weighted by Crippen LogP contribution is 2.29. The summed E-state index contributed by atoms with van der Waals surface area (Å²) < 4.78 is 10.8. The van der Waals surface area contributed by atoms with Crippen molar-refractivity contribution in [2.45, 2.75) is 47.3 Å². The molecule has 0 aliphatic rings. The van der Waals surface area contributed by atoms with Gasteiger partial charge in [0.15, 0.2) is 8.45 Å². The summed E-state index contributed by atoms with van der Waals surface area (Å²) in [5, 5.41) is 6.33. The van der Waals surface area contributed by atoms with Gasteiger partial charge in [0.2, 0.25) is 0 Å². The van der Waals surface area contributed by atoms with Crippen LogP contribution in [0.25, 0.3) is 0 Å². The van der Waals surface area contributed by atoms with Gasteiger partial charge in [-0.05, 0) is 26.0 Å². The molecule has 0 radical (unpaired) electrons. The fraction of sp³-hybridized carbons (Fsp3) is 0.562. The molecule has 0 aromatic heterocycles. The van der Waals surface area contributed by atoms with Gasteiger partial charge in [-0.25, -0.2) is 5.09 Å². The average molecular weight is 328 g/mol. The number of hydrogen-bond donors (Lipinski definition) is 2. The summed E-state index contributed by atoms with van der Waals surface area (Å²) in [6.07, 6.45) is 0. The van der Waals surface area contributed by atoms with Crippen LogP contribution in [0.2, 0.25) is 0 Å². The van der Waals surface area contributed by atoms with Crippen molar-refractivity contribution >= 4 is 14.4 Å². The van der Waals surface area contributed by atoms with E-state index in [-0.39, 0.29) is 5.97 Å². The van der Waals surface area contributed by atoms with Crippen molar-refractivity contribution in [1.29, 1.82) is 0 Å². The van der Waals surface area contributed by atoms with Crippen LogP contribution in [0, 0.1) is 0 Å². The molecule has 0 saturated heterocycles. The Labute approximate surface area is 135 Å². The Kier molecular flexibility index (Phi) is 13.0. The highest BCUT2D eigenvalue weighted by atomic mass is 31.2. The molecule has 0 amide bonds. The summed E-state index contributed by atoms with van der Waals surface area (Å²) >= 11 is 0. The summed E-state index contributed by atoms with van der Waals surface area (Å²) in [4.78, 5) is 11.6. The standard InChI is InChI=1S/C14H23N2O3P.C2H6/c1-4-15-20(16-12(3)14(17)18-5-2)19-11-13-9-7-6-8-10-13;1-2/h6-10,12,15-16H,4-5,11H2,1-3H3;1-2H3. The molecular formula is C16H29N2O3P. The Hall–Kier alpha value is -1.00. The zero-order valence-corrected chi connectivity index (χ0v) is 15.2. The van der Waals surface area contributed by atoms with E-state index in [4.69, 9.17) is 9.26 Å². The molecule has 0 saturated carbocycles. The summed E-state index contributed by atoms with van der Waals surface area (Å²) in [5.74, 6) is -0.263. The quantitative estimate of drug-likeness (QED) is 0.536. The van der Waals surface area contributed by atoms with E-state index >= 15 is 0 Å². The summed E-state index contributed by atoms with van der Waals surface area (Å²) in [6, 6.07) is 9.54. The van der Waals surface area contributed by atoms with Crippen LogP contribution < -0.4 is 10.2 Å². The predicted molar refractivity (Wildman–Crippen MR) is 92.4 cm³/mol. The van der Waals surface area contributed by atoms with Crippen molar-refractivity contribution in [1.82, 2.24) is 10.2 Å². The minimum atomic E-state index is -1.07. The topological polar surface area (TPSA) is 59.6 Å². The maximum absolute atomic E-state index is 11.6. The zero-order chi connectivity index (χ0) is 16.8. The molecule has 1 aromatic carbocycles. The van der Waals surface area contributed by atoms with Crippen LogP contribution in [0.1, 0.15) is 40.2 Å². The lowest BCUT2D eigenvalue weighted by atomic mass is 10.2. The van der Waals surface area contributed by atoms with Gasteiger partial charge in [0.25, 0.3) is 0 Å². The second kappa shape index (κ2) is 13.6. The lowest BCUT2D eigenvalue weighted by Gasteiger charge is -2.22. The summed E-state index contributed by atoms with van der Waals surface area (Å²) in [6.45, 7) is 11.2. The number of esters is 1. The minimum Gasteiger partial charge on any atom is -0.465 e. The van der Waals surface area contributed by atoms with E-state index in [0.29, 0.717) is 13.2 Å². The first-order valence-corrected chi connectivity index (χ1v) is 9.06. The van der Waals surface area contributed by atoms with Gasteiger partial charge in [-0.15, -0.1) is 0 Å². The lowest BCUT2D eigenvalue weighted by molar-refractivity contribution is -0.144. The number of carbonyl (C=O) groups is 1. The number of nitrogens with one attached hydrogen (secondary N) is 2. The number of benzene rings is 1. The zero-order valence-electron chi connectivity index (χ0n) is 14.3. The normalized spacial score (nSPS) is 12.8. The molecule has 5 nitrogen and oxygen atoms in total. The molecular weight excluding hydrogens is 299 g/mol. The predicted octanol–water partition coefficient (Wildman–Crippen LogP) is 3.61. The maximum Gasteiger partial charge on any atom is 0.323 e. The third-order valence-corrected chi connectivity index (χ3v) is 4.07. The van der Waals surface area contributed by atoms with Crippen molar-refractivity contribution in [2.24, 2.45) is 0 Å². The fourth-order valence-corrected chi connectivity index (χ4v) is 2.76. The van der Waals surface area contributed by atoms with Crippen LogP contribution in [0.3, 0.4) is 0 Å². The molecule has 126 valence electrons. The number of ether oxygens (including phenoxy) is 1. The van der Waals surface area contributed by atoms with Crippen molar-refractivity contribution in [2.75, 3.05) is 13.2 Å². The van der Waals surface area contributed by atoms with Crippen LogP contribution in [0.4, 0.5) is 0 Å². The van der Waals surface area contributed by atoms with E-state index in [1.807, 2.05) is 51.1 Å². The van der Waals surface area contributed by atoms with Gasteiger partial charge >= 0.3 is 5.97 Å². The third-order valence-electron chi connectivity index (χ3n) is 2.46. The van der Waals surface area contributed by atoms with E-state index in [9.17, 15) is 4.79 Å². The van der Waals surface area contributed by atoms with Crippen molar-refractivity contribution < 1.29 is 14.1 Å². The van der Waals surface area contributed by atoms with Gasteiger partial charge < -0.3 is 9.26 Å². The van der Waals surface area contributed by atoms with Crippen LogP contribution >= 0.6 is 8.45 Å². The second-order valence-electron chi connectivity index (χ2n) is 4.17. The largest absolute Gasteiger partial charge is 0.465 e. The molecule has 0 aliphatic carbocycles. The molecule has 0 spiro atoms. The fourth-order valence-electron chi connectivity index (χ4n) is 1.48. The van der Waals surface area contributed by atoms with Crippen molar-refractivity contribution in [3.63, 3.8) is 0 Å². The average Bonchev–Trinajstić information content (AvgIpc) is 2.56. The number of carbonyl (C=O) groups excluding carboxylic acids is 1. The summed E-state index contributed by atoms with van der Waals surface area (Å²) in [7, 11) is -1.07. The molecule has 22 heavy (non-hydrogen) atoms. The lowest BCUT2D eigenvalue weighted by Crippen LogP contribution is -2.35. The molecule has 0 fully saturated rings. The first kappa shape index (κ1) is 21.0. The molecule has 6 heteroatoms. The minimum absolute atomic E-state index is 0.263. The van der Waals surface area contributed by atoms with Gasteiger partial charge in [-0.3, -0.25) is 9.88 Å². The van der Waals surface area contributed by atoms with E-state index in [2.05, 4.69) is 10.2 Å². The van der Waals surface area contributed by atoms with E-state index in [0.717, 1.165) is 12.1 Å². The number of hydrogen-bond acceptors (Lipinski definition) is 5. The molecule has 2 unspecified atom stereocenters. The monoisotopic (exact) mass is 328 g/mol. The highest BCUT2D eigenvalue weighted by Gasteiger charge is 2.19. The molecule has 2 N–H and O–H groups in total. The van der Waals surface area contributed by atoms with Gasteiger partial charge in [0.05, 0.1) is 13.2 Å². The van der Waals surface area contributed by atoms with E-state index in [1.165, 1.54) is 0 Å². The Morgan fingerprint density at radius 3 is 2.41 bits per heavy atom. The van der Waals surface area contributed by atoms with E-state index in [1.54, 1.807) is 13.8 Å². The molecule has 0 heterocycles. The van der Waals surface area contributed by atoms with Crippen molar-refractivity contribution in [3.05, 3.63) is 35.9 Å². The van der Waals surface area contributed by atoms with Crippen LogP contribution in [0.5, 0.6) is 0 Å². The third kappa shape index (κ3) is 9.11. The SMILES string of the molecule is CC.CCNP(NC(C)C(=O)OCC)OCc1ccccc1. The smallest absolute Gasteiger partial charge is 0.323 e. The highest BCUT2D eigenvalue weighted by molar-refractivity contribution is 7.48. The second-order valence-corrected chi connectivity index (χ2v) is 5.59. The Balaban J connectivity index is 0.00000211. The molecule has 0 aliphatic heterocycles. The first-order chi connectivity index (χ1) is 10.7. The molecule has 0 bridgehead atoms. The van der Waals surface area contributed by atoms with Crippen LogP contribution in [-0.2, 0) is 20.7 Å². The van der Waals surface area contributed by atoms with Crippen LogP contribution in [0.15, 0.2) is 30.3 Å². The van der Waals surface area contributed by atoms with Gasteiger partial charge in [-0.2, -0.15) is 0 Å². The number of rotatable bonds is 9. The van der Waals surface area contributed by atoms with Crippen LogP contribution in [-0.4, -0.2) is 25.2 Å². The summed E-state index contributed by atoms with van der Waals surface area (Å²) in [5.41, 5.74) is 1.10. The van der Waals surface area contributed by atoms with Gasteiger partial charge in [0.1, 0.15) is 6.04 Å².